The van der Waals surface area contributed by atoms with E-state index in [2.05, 4.69) is 0 Å². The first-order valence-corrected chi connectivity index (χ1v) is 6.01. The highest BCUT2D eigenvalue weighted by Gasteiger charge is 2.14. The molecule has 0 spiro atoms. The molecule has 3 nitrogen and oxygen atoms in total. The topological polar surface area (TPSA) is 63.3 Å². The number of rotatable bonds is 4. The molecule has 0 fully saturated rings. The first-order chi connectivity index (χ1) is 6.59. The molecule has 1 aromatic carbocycles. The second-order valence-corrected chi connectivity index (χ2v) is 4.61. The second kappa shape index (κ2) is 5.42. The molecule has 0 aliphatic heterocycles. The van der Waals surface area contributed by atoms with E-state index in [1.54, 1.807) is 12.1 Å². The molecule has 0 saturated carbocycles. The van der Waals surface area contributed by atoms with Crippen molar-refractivity contribution in [2.45, 2.75) is 12.5 Å². The number of halogens is 1. The van der Waals surface area contributed by atoms with Crippen molar-refractivity contribution >= 4 is 19.6 Å². The predicted octanol–water partition coefficient (Wildman–Crippen LogP) is 2.46. The first kappa shape index (κ1) is 11.6. The van der Waals surface area contributed by atoms with Gasteiger partial charge in [0.1, 0.15) is 0 Å². The molecule has 0 aliphatic rings. The van der Waals surface area contributed by atoms with Gasteiger partial charge in [0.15, 0.2) is 6.16 Å². The van der Waals surface area contributed by atoms with Crippen LogP contribution in [0.4, 0.5) is 0 Å². The zero-order chi connectivity index (χ0) is 10.6. The van der Waals surface area contributed by atoms with E-state index in [4.69, 9.17) is 22.2 Å². The van der Waals surface area contributed by atoms with Gasteiger partial charge in [0.25, 0.3) is 0 Å². The van der Waals surface area contributed by atoms with Crippen molar-refractivity contribution in [3.05, 3.63) is 34.9 Å². The predicted molar refractivity (Wildman–Crippen MR) is 57.7 cm³/mol. The molecule has 0 heterocycles. The quantitative estimate of drug-likeness (QED) is 0.784. The molecule has 0 bridgehead atoms. The Morgan fingerprint density at radius 2 is 2.00 bits per heavy atom. The highest BCUT2D eigenvalue weighted by molar-refractivity contribution is 7.37. The summed E-state index contributed by atoms with van der Waals surface area (Å²) in [6.45, 7) is 0. The molecule has 0 aromatic heterocycles. The minimum atomic E-state index is -2.09. The summed E-state index contributed by atoms with van der Waals surface area (Å²) in [5.41, 5.74) is 6.75. The normalized spacial score (nSPS) is 13.8. The van der Waals surface area contributed by atoms with Crippen LogP contribution in [0.5, 0.6) is 0 Å². The lowest BCUT2D eigenvalue weighted by Gasteiger charge is -2.08. The van der Waals surface area contributed by atoms with Crippen LogP contribution in [0.25, 0.3) is 0 Å². The van der Waals surface area contributed by atoms with E-state index in [0.717, 1.165) is 5.56 Å². The number of hydrogen-bond donors (Lipinski definition) is 2. The summed E-state index contributed by atoms with van der Waals surface area (Å²) in [5, 5.41) is 0.661. The maximum Gasteiger partial charge on any atom is 0.505 e. The summed E-state index contributed by atoms with van der Waals surface area (Å²) in [6.07, 6.45) is 0.743. The average molecular weight is 233 g/mol. The SMILES string of the molecule is NC(CC[P+](=O)O)c1ccc(Cl)cc1. The summed E-state index contributed by atoms with van der Waals surface area (Å²) >= 11 is 5.72. The zero-order valence-electron chi connectivity index (χ0n) is 7.56. The van der Waals surface area contributed by atoms with Gasteiger partial charge in [0.05, 0.1) is 0 Å². The monoisotopic (exact) mass is 232 g/mol. The number of nitrogens with two attached hydrogens (primary N) is 1. The van der Waals surface area contributed by atoms with Gasteiger partial charge in [-0.25, -0.2) is 0 Å². The minimum Gasteiger partial charge on any atom is -0.324 e. The molecule has 1 aromatic rings. The van der Waals surface area contributed by atoms with E-state index in [-0.39, 0.29) is 12.2 Å². The van der Waals surface area contributed by atoms with Crippen molar-refractivity contribution in [2.75, 3.05) is 6.16 Å². The molecule has 1 rings (SSSR count). The Morgan fingerprint density at radius 3 is 2.50 bits per heavy atom. The summed E-state index contributed by atoms with van der Waals surface area (Å²) in [7, 11) is -2.09. The third-order valence-corrected chi connectivity index (χ3v) is 2.82. The van der Waals surface area contributed by atoms with Crippen molar-refractivity contribution in [1.82, 2.24) is 0 Å². The van der Waals surface area contributed by atoms with Gasteiger partial charge in [-0.15, -0.1) is 0 Å². The molecule has 76 valence electrons. The lowest BCUT2D eigenvalue weighted by atomic mass is 10.1. The van der Waals surface area contributed by atoms with Crippen LogP contribution >= 0.6 is 19.6 Å². The highest BCUT2D eigenvalue weighted by atomic mass is 35.5. The molecule has 2 atom stereocenters. The van der Waals surface area contributed by atoms with E-state index >= 15 is 0 Å². The van der Waals surface area contributed by atoms with Crippen LogP contribution in [0.15, 0.2) is 24.3 Å². The van der Waals surface area contributed by atoms with E-state index in [1.165, 1.54) is 0 Å². The van der Waals surface area contributed by atoms with Crippen molar-refractivity contribution in [3.63, 3.8) is 0 Å². The van der Waals surface area contributed by atoms with Crippen molar-refractivity contribution < 1.29 is 9.46 Å². The van der Waals surface area contributed by atoms with Crippen LogP contribution in [-0.2, 0) is 4.57 Å². The molecule has 2 unspecified atom stereocenters. The molecule has 14 heavy (non-hydrogen) atoms. The van der Waals surface area contributed by atoms with Gasteiger partial charge < -0.3 is 5.73 Å². The molecular formula is C9H12ClNO2P+. The lowest BCUT2D eigenvalue weighted by molar-refractivity contribution is 0.498. The summed E-state index contributed by atoms with van der Waals surface area (Å²) in [6, 6.07) is 6.98. The van der Waals surface area contributed by atoms with Crippen LogP contribution < -0.4 is 5.73 Å². The molecule has 0 radical (unpaired) electrons. The number of benzene rings is 1. The van der Waals surface area contributed by atoms with Gasteiger partial charge >= 0.3 is 8.03 Å². The van der Waals surface area contributed by atoms with Crippen molar-refractivity contribution in [3.8, 4) is 0 Å². The summed E-state index contributed by atoms with van der Waals surface area (Å²) in [5.74, 6) is 0. The Morgan fingerprint density at radius 1 is 1.43 bits per heavy atom. The number of hydrogen-bond acceptors (Lipinski definition) is 2. The summed E-state index contributed by atoms with van der Waals surface area (Å²) < 4.78 is 10.5. The Labute approximate surface area is 88.8 Å². The van der Waals surface area contributed by atoms with Gasteiger partial charge in [-0.1, -0.05) is 23.7 Å². The fourth-order valence-corrected chi connectivity index (χ4v) is 1.75. The van der Waals surface area contributed by atoms with Crippen molar-refractivity contribution in [2.24, 2.45) is 5.73 Å². The largest absolute Gasteiger partial charge is 0.505 e. The van der Waals surface area contributed by atoms with Crippen molar-refractivity contribution in [1.29, 1.82) is 0 Å². The molecule has 3 N–H and O–H groups in total. The zero-order valence-corrected chi connectivity index (χ0v) is 9.21. The first-order valence-electron chi connectivity index (χ1n) is 4.24. The van der Waals surface area contributed by atoms with E-state index < -0.39 is 8.03 Å². The molecule has 0 saturated heterocycles. The third-order valence-electron chi connectivity index (χ3n) is 1.93. The Balaban J connectivity index is 2.56. The molecular weight excluding hydrogens is 221 g/mol. The Bertz CT molecular complexity index is 315. The maximum absolute atomic E-state index is 10.5. The smallest absolute Gasteiger partial charge is 0.324 e. The summed E-state index contributed by atoms with van der Waals surface area (Å²) in [4.78, 5) is 8.62. The van der Waals surface area contributed by atoms with Crippen LogP contribution in [0.3, 0.4) is 0 Å². The fourth-order valence-electron chi connectivity index (χ4n) is 1.13. The van der Waals surface area contributed by atoms with Gasteiger partial charge in [0.2, 0.25) is 0 Å². The molecule has 0 aliphatic carbocycles. The lowest BCUT2D eigenvalue weighted by Crippen LogP contribution is -2.10. The molecule has 5 heteroatoms. The second-order valence-electron chi connectivity index (χ2n) is 3.02. The van der Waals surface area contributed by atoms with Gasteiger partial charge in [-0.2, -0.15) is 4.89 Å². The van der Waals surface area contributed by atoms with E-state index in [1.807, 2.05) is 12.1 Å². The van der Waals surface area contributed by atoms with Crippen LogP contribution in [0, 0.1) is 0 Å². The van der Waals surface area contributed by atoms with Gasteiger partial charge in [-0.3, -0.25) is 0 Å². The van der Waals surface area contributed by atoms with Crippen LogP contribution in [0.1, 0.15) is 18.0 Å². The van der Waals surface area contributed by atoms with E-state index in [0.29, 0.717) is 11.4 Å². The minimum absolute atomic E-state index is 0.196. The van der Waals surface area contributed by atoms with Gasteiger partial charge in [-0.05, 0) is 22.3 Å². The molecule has 0 amide bonds. The maximum atomic E-state index is 10.5. The van der Waals surface area contributed by atoms with Gasteiger partial charge in [0, 0.05) is 17.5 Å². The fraction of sp³-hybridized carbons (Fsp3) is 0.333. The Kier molecular flexibility index (Phi) is 4.49. The average Bonchev–Trinajstić information content (AvgIpc) is 2.15. The standard InChI is InChI=1S/C9H11ClNO2P/c10-8-3-1-7(2-4-8)9(11)5-6-14(12)13/h1-4,9H,5-6,11H2/p+1. The van der Waals surface area contributed by atoms with E-state index in [9.17, 15) is 4.57 Å². The van der Waals surface area contributed by atoms with Crippen LogP contribution in [0.2, 0.25) is 5.02 Å². The Hall–Kier alpha value is -0.470. The third kappa shape index (κ3) is 3.72. The highest BCUT2D eigenvalue weighted by Crippen LogP contribution is 2.22. The van der Waals surface area contributed by atoms with Crippen LogP contribution in [-0.4, -0.2) is 11.1 Å².